The van der Waals surface area contributed by atoms with E-state index in [4.69, 9.17) is 15.3 Å². The van der Waals surface area contributed by atoms with Gasteiger partial charge in [0.2, 0.25) is 0 Å². The minimum absolute atomic E-state index is 0.0508. The molecular weight excluding hydrogens is 248 g/mol. The maximum Gasteiger partial charge on any atom is 0.342 e. The molecule has 0 spiro atoms. The summed E-state index contributed by atoms with van der Waals surface area (Å²) in [6.07, 6.45) is 0. The van der Waals surface area contributed by atoms with Gasteiger partial charge in [-0.05, 0) is 13.0 Å². The first-order valence-electron chi connectivity index (χ1n) is 5.81. The number of nitrogens with zero attached hydrogens (tertiary/aromatic N) is 1. The second-order valence-electron chi connectivity index (χ2n) is 3.88. The average Bonchev–Trinajstić information content (AvgIpc) is 2.63. The molecule has 0 aliphatic carbocycles. The molecule has 0 radical (unpaired) electrons. The van der Waals surface area contributed by atoms with Crippen LogP contribution in [0.25, 0.3) is 10.9 Å². The zero-order valence-electron chi connectivity index (χ0n) is 10.7. The summed E-state index contributed by atoms with van der Waals surface area (Å²) in [5, 5.41) is 0.583. The quantitative estimate of drug-likeness (QED) is 0.845. The number of fused-ring (bicyclic) bond motifs is 1. The first-order chi connectivity index (χ1) is 9.06. The number of esters is 1. The van der Waals surface area contributed by atoms with Gasteiger partial charge in [-0.3, -0.25) is 0 Å². The zero-order chi connectivity index (χ0) is 14.0. The predicted molar refractivity (Wildman–Crippen MR) is 69.6 cm³/mol. The SMILES string of the molecule is CCOC(=O)c1c(N)n(OC(C)=O)c2ccccc12. The summed E-state index contributed by atoms with van der Waals surface area (Å²) in [5.41, 5.74) is 6.63. The Morgan fingerprint density at radius 3 is 2.63 bits per heavy atom. The van der Waals surface area contributed by atoms with E-state index in [1.54, 1.807) is 31.2 Å². The number of carbonyl (C=O) groups is 2. The third kappa shape index (κ3) is 2.24. The first kappa shape index (κ1) is 12.9. The lowest BCUT2D eigenvalue weighted by molar-refractivity contribution is -0.140. The molecule has 6 nitrogen and oxygen atoms in total. The molecule has 0 saturated heterocycles. The van der Waals surface area contributed by atoms with E-state index in [2.05, 4.69) is 0 Å². The third-order valence-corrected chi connectivity index (χ3v) is 2.57. The summed E-state index contributed by atoms with van der Waals surface area (Å²) in [6.45, 7) is 3.21. The van der Waals surface area contributed by atoms with E-state index in [1.807, 2.05) is 0 Å². The van der Waals surface area contributed by atoms with Gasteiger partial charge in [0.15, 0.2) is 5.82 Å². The molecular formula is C13H14N2O4. The molecule has 1 heterocycles. The summed E-state index contributed by atoms with van der Waals surface area (Å²) >= 11 is 0. The van der Waals surface area contributed by atoms with Crippen molar-refractivity contribution in [1.82, 2.24) is 4.73 Å². The molecule has 0 unspecified atom stereocenters. The third-order valence-electron chi connectivity index (χ3n) is 2.57. The second-order valence-corrected chi connectivity index (χ2v) is 3.88. The fourth-order valence-electron chi connectivity index (χ4n) is 1.88. The van der Waals surface area contributed by atoms with Gasteiger partial charge in [-0.1, -0.05) is 18.2 Å². The van der Waals surface area contributed by atoms with Gasteiger partial charge in [0.1, 0.15) is 5.56 Å². The lowest BCUT2D eigenvalue weighted by Crippen LogP contribution is -2.19. The highest BCUT2D eigenvalue weighted by atomic mass is 16.7. The summed E-state index contributed by atoms with van der Waals surface area (Å²) in [6, 6.07) is 6.95. The van der Waals surface area contributed by atoms with Crippen molar-refractivity contribution in [3.05, 3.63) is 29.8 Å². The van der Waals surface area contributed by atoms with Crippen LogP contribution in [0.2, 0.25) is 0 Å². The molecule has 2 aromatic rings. The largest absolute Gasteiger partial charge is 0.462 e. The highest BCUT2D eigenvalue weighted by Crippen LogP contribution is 2.28. The molecule has 6 heteroatoms. The summed E-state index contributed by atoms with van der Waals surface area (Å²) in [7, 11) is 0. The predicted octanol–water partition coefficient (Wildman–Crippen LogP) is 1.38. The molecule has 2 N–H and O–H groups in total. The molecule has 2 rings (SSSR count). The van der Waals surface area contributed by atoms with Gasteiger partial charge < -0.3 is 15.3 Å². The van der Waals surface area contributed by atoms with Crippen molar-refractivity contribution in [3.8, 4) is 0 Å². The van der Waals surface area contributed by atoms with Crippen LogP contribution >= 0.6 is 0 Å². The van der Waals surface area contributed by atoms with Gasteiger partial charge in [-0.15, -0.1) is 0 Å². The number of ether oxygens (including phenoxy) is 1. The number of hydrogen-bond donors (Lipinski definition) is 1. The number of anilines is 1. The van der Waals surface area contributed by atoms with Crippen LogP contribution in [0, 0.1) is 0 Å². The lowest BCUT2D eigenvalue weighted by Gasteiger charge is -2.06. The number of nitrogen functional groups attached to an aromatic ring is 1. The standard InChI is InChI=1S/C13H14N2O4/c1-3-18-13(17)11-9-6-4-5-7-10(9)15(12(11)14)19-8(2)16/h4-7H,3,14H2,1-2H3. The molecule has 0 fully saturated rings. The number of rotatable bonds is 3. The Balaban J connectivity index is 2.66. The van der Waals surface area contributed by atoms with E-state index in [1.165, 1.54) is 6.92 Å². The van der Waals surface area contributed by atoms with Crippen LogP contribution in [0.4, 0.5) is 5.82 Å². The van der Waals surface area contributed by atoms with Crippen molar-refractivity contribution in [2.24, 2.45) is 0 Å². The highest BCUT2D eigenvalue weighted by molar-refractivity contribution is 6.09. The van der Waals surface area contributed by atoms with Gasteiger partial charge in [0, 0.05) is 12.3 Å². The molecule has 19 heavy (non-hydrogen) atoms. The maximum atomic E-state index is 11.9. The number of aromatic nitrogens is 1. The van der Waals surface area contributed by atoms with Crippen molar-refractivity contribution in [1.29, 1.82) is 0 Å². The van der Waals surface area contributed by atoms with Crippen molar-refractivity contribution in [2.45, 2.75) is 13.8 Å². The van der Waals surface area contributed by atoms with Gasteiger partial charge >= 0.3 is 11.9 Å². The Bertz CT molecular complexity index is 645. The van der Waals surface area contributed by atoms with E-state index in [0.717, 1.165) is 4.73 Å². The normalized spacial score (nSPS) is 10.4. The lowest BCUT2D eigenvalue weighted by atomic mass is 10.1. The Morgan fingerprint density at radius 2 is 2.00 bits per heavy atom. The van der Waals surface area contributed by atoms with E-state index in [9.17, 15) is 9.59 Å². The minimum Gasteiger partial charge on any atom is -0.462 e. The van der Waals surface area contributed by atoms with Crippen LogP contribution in [0.1, 0.15) is 24.2 Å². The number of para-hydroxylation sites is 1. The van der Waals surface area contributed by atoms with Crippen molar-refractivity contribution in [2.75, 3.05) is 12.3 Å². The van der Waals surface area contributed by atoms with E-state index in [-0.39, 0.29) is 18.0 Å². The number of benzene rings is 1. The van der Waals surface area contributed by atoms with Crippen LogP contribution < -0.4 is 10.6 Å². The fraction of sp³-hybridized carbons (Fsp3) is 0.231. The zero-order valence-corrected chi connectivity index (χ0v) is 10.7. The molecule has 1 aromatic heterocycles. The molecule has 0 saturated carbocycles. The van der Waals surface area contributed by atoms with E-state index < -0.39 is 11.9 Å². The Kier molecular flexibility index (Phi) is 3.41. The summed E-state index contributed by atoms with van der Waals surface area (Å²) in [5.74, 6) is -1.01. The molecule has 0 atom stereocenters. The first-order valence-corrected chi connectivity index (χ1v) is 5.81. The van der Waals surface area contributed by atoms with Crippen molar-refractivity contribution >= 4 is 28.7 Å². The van der Waals surface area contributed by atoms with Gasteiger partial charge in [-0.25, -0.2) is 9.59 Å². The smallest absolute Gasteiger partial charge is 0.342 e. The monoisotopic (exact) mass is 262 g/mol. The molecule has 0 amide bonds. The van der Waals surface area contributed by atoms with Crippen LogP contribution in [0.5, 0.6) is 0 Å². The number of hydrogen-bond acceptors (Lipinski definition) is 5. The molecule has 1 aromatic carbocycles. The molecule has 0 aliphatic heterocycles. The van der Waals surface area contributed by atoms with E-state index in [0.29, 0.717) is 10.9 Å². The fourth-order valence-corrected chi connectivity index (χ4v) is 1.88. The van der Waals surface area contributed by atoms with Gasteiger partial charge in [-0.2, -0.15) is 4.73 Å². The number of nitrogens with two attached hydrogens (primary N) is 1. The van der Waals surface area contributed by atoms with Crippen LogP contribution in [-0.2, 0) is 9.53 Å². The minimum atomic E-state index is -0.540. The maximum absolute atomic E-state index is 11.9. The molecule has 0 aliphatic rings. The van der Waals surface area contributed by atoms with Crippen LogP contribution in [-0.4, -0.2) is 23.3 Å². The van der Waals surface area contributed by atoms with Crippen LogP contribution in [0.3, 0.4) is 0 Å². The summed E-state index contributed by atoms with van der Waals surface area (Å²) in [4.78, 5) is 28.0. The average molecular weight is 262 g/mol. The Morgan fingerprint density at radius 1 is 1.32 bits per heavy atom. The summed E-state index contributed by atoms with van der Waals surface area (Å²) < 4.78 is 6.11. The second kappa shape index (κ2) is 5.01. The Hall–Kier alpha value is -2.50. The topological polar surface area (TPSA) is 83.6 Å². The van der Waals surface area contributed by atoms with Crippen molar-refractivity contribution in [3.63, 3.8) is 0 Å². The van der Waals surface area contributed by atoms with E-state index >= 15 is 0 Å². The molecule has 0 bridgehead atoms. The number of carbonyl (C=O) groups excluding carboxylic acids is 2. The van der Waals surface area contributed by atoms with Crippen LogP contribution in [0.15, 0.2) is 24.3 Å². The Labute approximate surface area is 109 Å². The van der Waals surface area contributed by atoms with Crippen molar-refractivity contribution < 1.29 is 19.2 Å². The van der Waals surface area contributed by atoms with Gasteiger partial charge in [0.05, 0.1) is 12.1 Å². The van der Waals surface area contributed by atoms with Gasteiger partial charge in [0.25, 0.3) is 0 Å². The molecule has 100 valence electrons. The highest BCUT2D eigenvalue weighted by Gasteiger charge is 2.23.